The predicted molar refractivity (Wildman–Crippen MR) is 56.8 cm³/mol. The van der Waals surface area contributed by atoms with Crippen LogP contribution in [0.1, 0.15) is 12.0 Å². The number of hydrogen-bond donors (Lipinski definition) is 0. The summed E-state index contributed by atoms with van der Waals surface area (Å²) in [6, 6.07) is 1.54. The van der Waals surface area contributed by atoms with Crippen LogP contribution in [0.15, 0.2) is 6.07 Å². The van der Waals surface area contributed by atoms with E-state index in [9.17, 15) is 9.18 Å². The molecule has 0 bridgehead atoms. The number of aldehydes is 1. The summed E-state index contributed by atoms with van der Waals surface area (Å²) >= 11 is 5.83. The minimum absolute atomic E-state index is 0.0712. The molecule has 0 spiro atoms. The van der Waals surface area contributed by atoms with Crippen molar-refractivity contribution in [1.82, 2.24) is 0 Å². The van der Waals surface area contributed by atoms with Gasteiger partial charge in [-0.25, -0.2) is 4.39 Å². The lowest BCUT2D eigenvalue weighted by Crippen LogP contribution is -2.16. The zero-order chi connectivity index (χ0) is 11.5. The number of ether oxygens (including phenoxy) is 2. The van der Waals surface area contributed by atoms with Crippen LogP contribution in [0.4, 0.5) is 4.39 Å². The molecular formula is C11H10ClFO3. The van der Waals surface area contributed by atoms with Gasteiger partial charge in [0.15, 0.2) is 11.5 Å². The highest BCUT2D eigenvalue weighted by molar-refractivity contribution is 6.32. The molecule has 2 rings (SSSR count). The van der Waals surface area contributed by atoms with Gasteiger partial charge in [-0.05, 0) is 18.1 Å². The van der Waals surface area contributed by atoms with Crippen LogP contribution < -0.4 is 9.47 Å². The SMILES string of the molecule is O=CCCc1cc2c(c(Cl)c1F)OCCO2. The number of fused-ring (bicyclic) bond motifs is 1. The number of carbonyl (C=O) groups excluding carboxylic acids is 1. The van der Waals surface area contributed by atoms with Gasteiger partial charge in [-0.15, -0.1) is 0 Å². The highest BCUT2D eigenvalue weighted by Crippen LogP contribution is 2.40. The van der Waals surface area contributed by atoms with Gasteiger partial charge in [0.2, 0.25) is 0 Å². The second-order valence-electron chi connectivity index (χ2n) is 3.39. The van der Waals surface area contributed by atoms with Crippen LogP contribution in [0.3, 0.4) is 0 Å². The lowest BCUT2D eigenvalue weighted by molar-refractivity contribution is -0.107. The van der Waals surface area contributed by atoms with E-state index in [2.05, 4.69) is 0 Å². The highest BCUT2D eigenvalue weighted by atomic mass is 35.5. The topological polar surface area (TPSA) is 35.5 Å². The van der Waals surface area contributed by atoms with Crippen molar-refractivity contribution in [1.29, 1.82) is 0 Å². The Bertz CT molecular complexity index is 420. The monoisotopic (exact) mass is 244 g/mol. The normalized spacial score (nSPS) is 13.6. The molecule has 1 aliphatic rings. The Hall–Kier alpha value is -1.29. The Kier molecular flexibility index (Phi) is 3.29. The van der Waals surface area contributed by atoms with Crippen LogP contribution in [0, 0.1) is 5.82 Å². The Morgan fingerprint density at radius 3 is 2.94 bits per heavy atom. The maximum atomic E-state index is 13.7. The van der Waals surface area contributed by atoms with E-state index in [4.69, 9.17) is 21.1 Å². The summed E-state index contributed by atoms with van der Waals surface area (Å²) in [4.78, 5) is 10.3. The molecule has 0 aromatic heterocycles. The number of carbonyl (C=O) groups is 1. The average molecular weight is 245 g/mol. The van der Waals surface area contributed by atoms with Crippen molar-refractivity contribution in [2.45, 2.75) is 12.8 Å². The third-order valence-corrected chi connectivity index (χ3v) is 2.66. The first kappa shape index (κ1) is 11.2. The van der Waals surface area contributed by atoms with E-state index >= 15 is 0 Å². The van der Waals surface area contributed by atoms with Gasteiger partial charge in [0.05, 0.1) is 0 Å². The number of benzene rings is 1. The molecule has 0 unspecified atom stereocenters. The Morgan fingerprint density at radius 2 is 2.19 bits per heavy atom. The molecule has 0 amide bonds. The lowest BCUT2D eigenvalue weighted by atomic mass is 10.1. The second-order valence-corrected chi connectivity index (χ2v) is 3.77. The molecule has 0 N–H and O–H groups in total. The van der Waals surface area contributed by atoms with Crippen molar-refractivity contribution in [3.05, 3.63) is 22.5 Å². The molecule has 1 heterocycles. The summed E-state index contributed by atoms with van der Waals surface area (Å²) in [5, 5.41) is -0.0712. The van der Waals surface area contributed by atoms with E-state index in [0.29, 0.717) is 30.9 Å². The lowest BCUT2D eigenvalue weighted by Gasteiger charge is -2.20. The van der Waals surface area contributed by atoms with Crippen molar-refractivity contribution in [3.8, 4) is 11.5 Å². The molecule has 3 nitrogen and oxygen atoms in total. The van der Waals surface area contributed by atoms with Crippen molar-refractivity contribution in [2.75, 3.05) is 13.2 Å². The van der Waals surface area contributed by atoms with Gasteiger partial charge in [-0.2, -0.15) is 0 Å². The molecule has 86 valence electrons. The van der Waals surface area contributed by atoms with Gasteiger partial charge >= 0.3 is 0 Å². The van der Waals surface area contributed by atoms with Gasteiger partial charge in [-0.3, -0.25) is 0 Å². The Labute approximate surface area is 97.1 Å². The maximum Gasteiger partial charge on any atom is 0.182 e. The number of halogens is 2. The summed E-state index contributed by atoms with van der Waals surface area (Å²) in [7, 11) is 0. The molecule has 1 aromatic rings. The van der Waals surface area contributed by atoms with Crippen LogP contribution in [0.2, 0.25) is 5.02 Å². The minimum atomic E-state index is -0.534. The van der Waals surface area contributed by atoms with Gasteiger partial charge in [0.1, 0.15) is 30.3 Å². The van der Waals surface area contributed by atoms with Crippen LogP contribution in [0.5, 0.6) is 11.5 Å². The summed E-state index contributed by atoms with van der Waals surface area (Å²) in [6.45, 7) is 0.780. The van der Waals surface area contributed by atoms with E-state index in [1.54, 1.807) is 6.07 Å². The molecule has 0 saturated carbocycles. The fourth-order valence-corrected chi connectivity index (χ4v) is 1.84. The summed E-state index contributed by atoms with van der Waals surface area (Å²) in [5.41, 5.74) is 0.376. The molecule has 16 heavy (non-hydrogen) atoms. The standard InChI is InChI=1S/C11H10ClFO3/c12-9-10(13)7(2-1-3-14)6-8-11(9)16-5-4-15-8/h3,6H,1-2,4-5H2. The third-order valence-electron chi connectivity index (χ3n) is 2.32. The van der Waals surface area contributed by atoms with Crippen molar-refractivity contribution in [2.24, 2.45) is 0 Å². The minimum Gasteiger partial charge on any atom is -0.486 e. The molecule has 0 aliphatic carbocycles. The molecule has 1 aliphatic heterocycles. The zero-order valence-electron chi connectivity index (χ0n) is 8.46. The van der Waals surface area contributed by atoms with E-state index in [0.717, 1.165) is 6.29 Å². The third kappa shape index (κ3) is 1.97. The summed E-state index contributed by atoms with van der Waals surface area (Å²) < 4.78 is 24.3. The molecule has 0 atom stereocenters. The van der Waals surface area contributed by atoms with E-state index < -0.39 is 5.82 Å². The van der Waals surface area contributed by atoms with Crippen LogP contribution in [-0.4, -0.2) is 19.5 Å². The molecule has 5 heteroatoms. The molecule has 0 saturated heterocycles. The summed E-state index contributed by atoms with van der Waals surface area (Å²) in [5.74, 6) is 0.159. The van der Waals surface area contributed by atoms with Gasteiger partial charge in [-0.1, -0.05) is 11.6 Å². The smallest absolute Gasteiger partial charge is 0.182 e. The summed E-state index contributed by atoms with van der Waals surface area (Å²) in [6.07, 6.45) is 1.31. The first-order valence-electron chi connectivity index (χ1n) is 4.94. The average Bonchev–Trinajstić information content (AvgIpc) is 2.32. The molecule has 0 fully saturated rings. The highest BCUT2D eigenvalue weighted by Gasteiger charge is 2.21. The fourth-order valence-electron chi connectivity index (χ4n) is 1.57. The van der Waals surface area contributed by atoms with Gasteiger partial charge in [0, 0.05) is 6.42 Å². The van der Waals surface area contributed by atoms with Crippen molar-refractivity contribution >= 4 is 17.9 Å². The van der Waals surface area contributed by atoms with E-state index in [1.165, 1.54) is 0 Å². The zero-order valence-corrected chi connectivity index (χ0v) is 9.22. The van der Waals surface area contributed by atoms with Gasteiger partial charge in [0.25, 0.3) is 0 Å². The van der Waals surface area contributed by atoms with E-state index in [1.807, 2.05) is 0 Å². The van der Waals surface area contributed by atoms with Crippen molar-refractivity contribution < 1.29 is 18.7 Å². The molecular weight excluding hydrogens is 235 g/mol. The van der Waals surface area contributed by atoms with Crippen molar-refractivity contribution in [3.63, 3.8) is 0 Å². The Balaban J connectivity index is 2.39. The number of aryl methyl sites for hydroxylation is 1. The van der Waals surface area contributed by atoms with E-state index in [-0.39, 0.29) is 17.2 Å². The van der Waals surface area contributed by atoms with Crippen LogP contribution in [0.25, 0.3) is 0 Å². The van der Waals surface area contributed by atoms with Crippen LogP contribution in [-0.2, 0) is 11.2 Å². The molecule has 1 aromatic carbocycles. The Morgan fingerprint density at radius 1 is 1.44 bits per heavy atom. The maximum absolute atomic E-state index is 13.7. The first-order chi connectivity index (χ1) is 7.74. The fraction of sp³-hybridized carbons (Fsp3) is 0.364. The molecule has 0 radical (unpaired) electrons. The van der Waals surface area contributed by atoms with Gasteiger partial charge < -0.3 is 14.3 Å². The quantitative estimate of drug-likeness (QED) is 0.766. The number of hydrogen-bond acceptors (Lipinski definition) is 3. The van der Waals surface area contributed by atoms with Crippen LogP contribution >= 0.6 is 11.6 Å². The predicted octanol–water partition coefficient (Wildman–Crippen LogP) is 2.38. The first-order valence-corrected chi connectivity index (χ1v) is 5.32. The second kappa shape index (κ2) is 4.70. The number of rotatable bonds is 3. The largest absolute Gasteiger partial charge is 0.486 e.